The Labute approximate surface area is 159 Å². The minimum absolute atomic E-state index is 0.0361. The molecule has 3 rings (SSSR count). The molecule has 0 aliphatic carbocycles. The van der Waals surface area contributed by atoms with Gasteiger partial charge in [-0.3, -0.25) is 4.79 Å². The standard InChI is InChI=1S/C19H17BrN2O2S/c1-24-16-8-5-13(6-9-16)7-10-18(23)22-19-21-17(12-25-19)14-3-2-4-15(20)11-14/h2-6,8-9,11-12H,7,10H2,1H3,(H,21,22,23). The fraction of sp³-hybridized carbons (Fsp3) is 0.158. The highest BCUT2D eigenvalue weighted by Crippen LogP contribution is 2.27. The van der Waals surface area contributed by atoms with Crippen molar-refractivity contribution in [3.63, 3.8) is 0 Å². The molecule has 0 spiro atoms. The Kier molecular flexibility index (Phi) is 5.83. The van der Waals surface area contributed by atoms with Gasteiger partial charge in [0.05, 0.1) is 12.8 Å². The van der Waals surface area contributed by atoms with Crippen LogP contribution < -0.4 is 10.1 Å². The molecule has 128 valence electrons. The van der Waals surface area contributed by atoms with Gasteiger partial charge in [0.25, 0.3) is 0 Å². The molecule has 4 nitrogen and oxygen atoms in total. The first-order valence-electron chi connectivity index (χ1n) is 7.78. The van der Waals surface area contributed by atoms with E-state index in [4.69, 9.17) is 4.74 Å². The molecule has 6 heteroatoms. The van der Waals surface area contributed by atoms with E-state index in [0.29, 0.717) is 18.0 Å². The Morgan fingerprint density at radius 1 is 1.24 bits per heavy atom. The van der Waals surface area contributed by atoms with Crippen LogP contribution in [-0.2, 0) is 11.2 Å². The molecule has 1 N–H and O–H groups in total. The number of hydrogen-bond donors (Lipinski definition) is 1. The number of aryl methyl sites for hydroxylation is 1. The highest BCUT2D eigenvalue weighted by molar-refractivity contribution is 9.10. The topological polar surface area (TPSA) is 51.2 Å². The molecular weight excluding hydrogens is 400 g/mol. The summed E-state index contributed by atoms with van der Waals surface area (Å²) in [4.78, 5) is 16.6. The lowest BCUT2D eigenvalue weighted by molar-refractivity contribution is -0.116. The van der Waals surface area contributed by atoms with E-state index >= 15 is 0 Å². The summed E-state index contributed by atoms with van der Waals surface area (Å²) in [6.45, 7) is 0. The van der Waals surface area contributed by atoms with Gasteiger partial charge in [0.15, 0.2) is 5.13 Å². The number of thiazole rings is 1. The zero-order valence-electron chi connectivity index (χ0n) is 13.7. The first-order chi connectivity index (χ1) is 12.1. The number of hydrogen-bond acceptors (Lipinski definition) is 4. The maximum absolute atomic E-state index is 12.1. The number of amides is 1. The Balaban J connectivity index is 1.56. The Morgan fingerprint density at radius 2 is 2.04 bits per heavy atom. The predicted molar refractivity (Wildman–Crippen MR) is 105 cm³/mol. The second-order valence-corrected chi connectivity index (χ2v) is 7.22. The van der Waals surface area contributed by atoms with Crippen LogP contribution in [0, 0.1) is 0 Å². The lowest BCUT2D eigenvalue weighted by Crippen LogP contribution is -2.12. The number of benzene rings is 2. The quantitative estimate of drug-likeness (QED) is 0.603. The fourth-order valence-corrected chi connectivity index (χ4v) is 3.48. The van der Waals surface area contributed by atoms with Gasteiger partial charge in [0, 0.05) is 21.8 Å². The second kappa shape index (κ2) is 8.27. The van der Waals surface area contributed by atoms with E-state index in [9.17, 15) is 4.79 Å². The van der Waals surface area contributed by atoms with Gasteiger partial charge in [0.2, 0.25) is 5.91 Å². The van der Waals surface area contributed by atoms with Crippen molar-refractivity contribution < 1.29 is 9.53 Å². The molecule has 0 aliphatic heterocycles. The molecule has 25 heavy (non-hydrogen) atoms. The molecule has 0 radical (unpaired) electrons. The van der Waals surface area contributed by atoms with Crippen molar-refractivity contribution in [3.8, 4) is 17.0 Å². The molecule has 1 heterocycles. The van der Waals surface area contributed by atoms with Gasteiger partial charge in [-0.15, -0.1) is 11.3 Å². The van der Waals surface area contributed by atoms with E-state index in [1.807, 2.05) is 53.9 Å². The number of ether oxygens (including phenoxy) is 1. The van der Waals surface area contributed by atoms with Gasteiger partial charge >= 0.3 is 0 Å². The molecule has 3 aromatic rings. The number of aromatic nitrogens is 1. The third kappa shape index (κ3) is 4.90. The predicted octanol–water partition coefficient (Wildman–Crippen LogP) is 5.15. The highest BCUT2D eigenvalue weighted by atomic mass is 79.9. The molecule has 0 fully saturated rings. The number of halogens is 1. The van der Waals surface area contributed by atoms with Crippen molar-refractivity contribution in [2.45, 2.75) is 12.8 Å². The van der Waals surface area contributed by atoms with E-state index in [0.717, 1.165) is 27.0 Å². The van der Waals surface area contributed by atoms with Gasteiger partial charge < -0.3 is 10.1 Å². The Hall–Kier alpha value is -2.18. The number of anilines is 1. The van der Waals surface area contributed by atoms with Crippen LogP contribution in [0.2, 0.25) is 0 Å². The largest absolute Gasteiger partial charge is 0.497 e. The summed E-state index contributed by atoms with van der Waals surface area (Å²) in [6.07, 6.45) is 1.10. The number of carbonyl (C=O) groups excluding carboxylic acids is 1. The third-order valence-corrected chi connectivity index (χ3v) is 4.92. The molecule has 0 atom stereocenters. The Morgan fingerprint density at radius 3 is 2.76 bits per heavy atom. The number of methoxy groups -OCH3 is 1. The van der Waals surface area contributed by atoms with Crippen LogP contribution in [-0.4, -0.2) is 18.0 Å². The average molecular weight is 417 g/mol. The first-order valence-corrected chi connectivity index (χ1v) is 9.45. The minimum atomic E-state index is -0.0361. The van der Waals surface area contributed by atoms with E-state index in [-0.39, 0.29) is 5.91 Å². The van der Waals surface area contributed by atoms with Crippen LogP contribution in [0.5, 0.6) is 5.75 Å². The summed E-state index contributed by atoms with van der Waals surface area (Å²) in [6, 6.07) is 15.7. The maximum Gasteiger partial charge on any atom is 0.226 e. The van der Waals surface area contributed by atoms with Crippen LogP contribution >= 0.6 is 27.3 Å². The maximum atomic E-state index is 12.1. The van der Waals surface area contributed by atoms with Crippen molar-refractivity contribution in [3.05, 3.63) is 63.9 Å². The van der Waals surface area contributed by atoms with Crippen LogP contribution in [0.15, 0.2) is 58.4 Å². The van der Waals surface area contributed by atoms with Gasteiger partial charge in [-0.1, -0.05) is 40.2 Å². The lowest BCUT2D eigenvalue weighted by Gasteiger charge is -2.04. The second-order valence-electron chi connectivity index (χ2n) is 5.44. The van der Waals surface area contributed by atoms with Crippen molar-refractivity contribution in [1.82, 2.24) is 4.98 Å². The van der Waals surface area contributed by atoms with E-state index < -0.39 is 0 Å². The molecule has 0 saturated carbocycles. The SMILES string of the molecule is COc1ccc(CCC(=O)Nc2nc(-c3cccc(Br)c3)cs2)cc1. The van der Waals surface area contributed by atoms with Crippen LogP contribution in [0.1, 0.15) is 12.0 Å². The van der Waals surface area contributed by atoms with Gasteiger partial charge in [-0.25, -0.2) is 4.98 Å². The van der Waals surface area contributed by atoms with Gasteiger partial charge in [-0.05, 0) is 36.2 Å². The van der Waals surface area contributed by atoms with Crippen molar-refractivity contribution in [2.24, 2.45) is 0 Å². The molecule has 0 unspecified atom stereocenters. The van der Waals surface area contributed by atoms with Gasteiger partial charge in [-0.2, -0.15) is 0 Å². The molecule has 0 saturated heterocycles. The molecule has 0 bridgehead atoms. The van der Waals surface area contributed by atoms with Crippen LogP contribution in [0.25, 0.3) is 11.3 Å². The summed E-state index contributed by atoms with van der Waals surface area (Å²) in [5, 5.41) is 5.44. The minimum Gasteiger partial charge on any atom is -0.497 e. The van der Waals surface area contributed by atoms with Crippen LogP contribution in [0.3, 0.4) is 0 Å². The smallest absolute Gasteiger partial charge is 0.226 e. The summed E-state index contributed by atoms with van der Waals surface area (Å²) >= 11 is 4.89. The zero-order chi connectivity index (χ0) is 17.6. The summed E-state index contributed by atoms with van der Waals surface area (Å²) in [7, 11) is 1.64. The van der Waals surface area contributed by atoms with Crippen LogP contribution in [0.4, 0.5) is 5.13 Å². The van der Waals surface area contributed by atoms with Crippen molar-refractivity contribution in [2.75, 3.05) is 12.4 Å². The number of rotatable bonds is 6. The third-order valence-electron chi connectivity index (χ3n) is 3.67. The first kappa shape index (κ1) is 17.6. The monoisotopic (exact) mass is 416 g/mol. The van der Waals surface area contributed by atoms with E-state index in [1.165, 1.54) is 11.3 Å². The number of carbonyl (C=O) groups is 1. The van der Waals surface area contributed by atoms with Gasteiger partial charge in [0.1, 0.15) is 5.75 Å². The normalized spacial score (nSPS) is 10.5. The Bertz CT molecular complexity index is 862. The zero-order valence-corrected chi connectivity index (χ0v) is 16.1. The van der Waals surface area contributed by atoms with E-state index in [1.54, 1.807) is 7.11 Å². The summed E-state index contributed by atoms with van der Waals surface area (Å²) in [5.74, 6) is 0.780. The average Bonchev–Trinajstić information content (AvgIpc) is 3.09. The van der Waals surface area contributed by atoms with Crippen molar-refractivity contribution >= 4 is 38.3 Å². The molecular formula is C19H17BrN2O2S. The number of nitrogens with one attached hydrogen (secondary N) is 1. The fourth-order valence-electron chi connectivity index (χ4n) is 2.34. The van der Waals surface area contributed by atoms with E-state index in [2.05, 4.69) is 26.2 Å². The summed E-state index contributed by atoms with van der Waals surface area (Å²) < 4.78 is 6.13. The highest BCUT2D eigenvalue weighted by Gasteiger charge is 2.09. The lowest BCUT2D eigenvalue weighted by atomic mass is 10.1. The summed E-state index contributed by atoms with van der Waals surface area (Å²) in [5.41, 5.74) is 2.98. The molecule has 1 aromatic heterocycles. The molecule has 0 aliphatic rings. The molecule has 1 amide bonds. The molecule has 2 aromatic carbocycles. The number of nitrogens with zero attached hydrogens (tertiary/aromatic N) is 1. The van der Waals surface area contributed by atoms with Crippen molar-refractivity contribution in [1.29, 1.82) is 0 Å².